The SMILES string of the molecule is C[C@@H](O[C@H]1OCCN(P(=O)(O)OCc2ccccc2)[C@H]1c1ccc(F)cc1)c1cc(C(F)(F)F)cc(C(F)(F)F)c1. The maximum Gasteiger partial charge on any atom is 0.416 e. The lowest BCUT2D eigenvalue weighted by Crippen LogP contribution is -2.45. The quantitative estimate of drug-likeness (QED) is 0.210. The molecule has 3 aromatic carbocycles. The van der Waals surface area contributed by atoms with E-state index >= 15 is 0 Å². The summed E-state index contributed by atoms with van der Waals surface area (Å²) in [4.78, 5) is 10.9. The van der Waals surface area contributed by atoms with Gasteiger partial charge < -0.3 is 14.4 Å². The van der Waals surface area contributed by atoms with Gasteiger partial charge in [0, 0.05) is 6.54 Å². The van der Waals surface area contributed by atoms with Gasteiger partial charge in [-0.3, -0.25) is 4.52 Å². The third-order valence-electron chi connectivity index (χ3n) is 6.38. The molecule has 4 atom stereocenters. The van der Waals surface area contributed by atoms with E-state index in [0.29, 0.717) is 17.7 Å². The number of benzene rings is 3. The summed E-state index contributed by atoms with van der Waals surface area (Å²) in [7, 11) is -4.60. The number of ether oxygens (including phenoxy) is 2. The zero-order valence-electron chi connectivity index (χ0n) is 21.4. The monoisotopic (exact) mass is 607 g/mol. The molecule has 0 saturated carbocycles. The van der Waals surface area contributed by atoms with Crippen LogP contribution in [-0.2, 0) is 37.5 Å². The van der Waals surface area contributed by atoms with Gasteiger partial charge in [0.05, 0.1) is 36.5 Å². The van der Waals surface area contributed by atoms with Gasteiger partial charge in [0.15, 0.2) is 6.29 Å². The summed E-state index contributed by atoms with van der Waals surface area (Å²) in [6, 6.07) is 13.1. The summed E-state index contributed by atoms with van der Waals surface area (Å²) in [6.45, 7) is 0.643. The number of nitrogens with zero attached hydrogens (tertiary/aromatic N) is 1. The molecule has 4 rings (SSSR count). The normalized spacial score (nSPS) is 20.9. The largest absolute Gasteiger partial charge is 0.416 e. The average molecular weight is 607 g/mol. The Bertz CT molecular complexity index is 1340. The van der Waals surface area contributed by atoms with Crippen LogP contribution in [0.4, 0.5) is 30.7 Å². The van der Waals surface area contributed by atoms with Crippen LogP contribution in [0.1, 0.15) is 46.9 Å². The third-order valence-corrected chi connectivity index (χ3v) is 7.94. The summed E-state index contributed by atoms with van der Waals surface area (Å²) in [5.74, 6) is -0.612. The van der Waals surface area contributed by atoms with Crippen LogP contribution in [0, 0.1) is 5.82 Å². The van der Waals surface area contributed by atoms with E-state index < -0.39 is 61.0 Å². The molecule has 1 aliphatic heterocycles. The van der Waals surface area contributed by atoms with Gasteiger partial charge in [-0.1, -0.05) is 42.5 Å². The lowest BCUT2D eigenvalue weighted by atomic mass is 10.0. The van der Waals surface area contributed by atoms with Crippen LogP contribution in [0.15, 0.2) is 72.8 Å². The van der Waals surface area contributed by atoms with Crippen molar-refractivity contribution in [2.24, 2.45) is 0 Å². The number of alkyl halides is 6. The highest BCUT2D eigenvalue weighted by atomic mass is 31.2. The van der Waals surface area contributed by atoms with Gasteiger partial charge in [-0.2, -0.15) is 31.0 Å². The van der Waals surface area contributed by atoms with E-state index in [1.54, 1.807) is 30.3 Å². The van der Waals surface area contributed by atoms with Crippen molar-refractivity contribution < 1.29 is 54.2 Å². The first kappa shape index (κ1) is 31.1. The minimum Gasteiger partial charge on any atom is -0.349 e. The van der Waals surface area contributed by atoms with Crippen LogP contribution in [0.5, 0.6) is 0 Å². The third kappa shape index (κ3) is 7.73. The fourth-order valence-electron chi connectivity index (χ4n) is 4.32. The molecule has 0 aromatic heterocycles. The molecular weight excluding hydrogens is 582 g/mol. The van der Waals surface area contributed by atoms with Crippen LogP contribution >= 0.6 is 7.75 Å². The standard InChI is InChI=1S/C27H25F7NO5P/c1-17(20-13-21(26(29,30)31)15-22(14-20)27(32,33)34)40-25-24(19-7-9-23(28)10-8-19)35(11-12-38-25)41(36,37)39-16-18-5-3-2-4-6-18/h2-10,13-15,17,24-25H,11-12,16H2,1H3,(H,36,37)/t17-,24+,25-/m1/s1. The highest BCUT2D eigenvalue weighted by Gasteiger charge is 2.45. The van der Waals surface area contributed by atoms with Gasteiger partial charge in [0.1, 0.15) is 5.82 Å². The summed E-state index contributed by atoms with van der Waals surface area (Å²) >= 11 is 0. The van der Waals surface area contributed by atoms with Crippen LogP contribution in [0.2, 0.25) is 0 Å². The molecule has 14 heteroatoms. The Morgan fingerprint density at radius 3 is 2.12 bits per heavy atom. The van der Waals surface area contributed by atoms with Crippen LogP contribution in [0.3, 0.4) is 0 Å². The lowest BCUT2D eigenvalue weighted by Gasteiger charge is -2.42. The zero-order chi connectivity index (χ0) is 30.0. The Balaban J connectivity index is 1.66. The maximum absolute atomic E-state index is 13.7. The lowest BCUT2D eigenvalue weighted by molar-refractivity contribution is -0.219. The fourth-order valence-corrected chi connectivity index (χ4v) is 5.68. The smallest absolute Gasteiger partial charge is 0.349 e. The van der Waals surface area contributed by atoms with Gasteiger partial charge in [-0.15, -0.1) is 0 Å². The van der Waals surface area contributed by atoms with Crippen molar-refractivity contribution in [1.82, 2.24) is 4.67 Å². The van der Waals surface area contributed by atoms with Crippen LogP contribution in [-0.4, -0.2) is 29.0 Å². The summed E-state index contributed by atoms with van der Waals surface area (Å²) in [5.41, 5.74) is -2.65. The van der Waals surface area contributed by atoms with E-state index in [1.807, 2.05) is 0 Å². The minimum atomic E-state index is -5.07. The number of hydrogen-bond acceptors (Lipinski definition) is 4. The first-order valence-electron chi connectivity index (χ1n) is 12.3. The number of morpholine rings is 1. The average Bonchev–Trinajstić information content (AvgIpc) is 2.92. The number of hydrogen-bond donors (Lipinski definition) is 1. The molecule has 1 unspecified atom stereocenters. The second-order valence-corrected chi connectivity index (χ2v) is 11.0. The Morgan fingerprint density at radius 2 is 1.56 bits per heavy atom. The highest BCUT2D eigenvalue weighted by Crippen LogP contribution is 2.54. The molecule has 3 aromatic rings. The Labute approximate surface area is 230 Å². The van der Waals surface area contributed by atoms with E-state index in [4.69, 9.17) is 14.0 Å². The van der Waals surface area contributed by atoms with Crippen molar-refractivity contribution >= 4 is 7.75 Å². The highest BCUT2D eigenvalue weighted by molar-refractivity contribution is 7.50. The molecule has 222 valence electrons. The van der Waals surface area contributed by atoms with Gasteiger partial charge in [0.25, 0.3) is 0 Å². The molecule has 0 radical (unpaired) electrons. The van der Waals surface area contributed by atoms with E-state index in [2.05, 4.69) is 0 Å². The first-order valence-corrected chi connectivity index (χ1v) is 13.8. The van der Waals surface area contributed by atoms with Crippen LogP contribution < -0.4 is 0 Å². The molecule has 1 aliphatic rings. The van der Waals surface area contributed by atoms with Crippen molar-refractivity contribution in [3.8, 4) is 0 Å². The zero-order valence-corrected chi connectivity index (χ0v) is 22.3. The molecule has 41 heavy (non-hydrogen) atoms. The fraction of sp³-hybridized carbons (Fsp3) is 0.333. The molecular formula is C27H25F7NO5P. The molecule has 0 bridgehead atoms. The number of rotatable bonds is 8. The Kier molecular flexibility index (Phi) is 9.27. The summed E-state index contributed by atoms with van der Waals surface area (Å²) in [6.07, 6.45) is -13.0. The second-order valence-electron chi connectivity index (χ2n) is 9.27. The van der Waals surface area contributed by atoms with E-state index in [9.17, 15) is 40.2 Å². The second kappa shape index (κ2) is 12.2. The van der Waals surface area contributed by atoms with Crippen molar-refractivity contribution in [2.75, 3.05) is 13.2 Å². The van der Waals surface area contributed by atoms with Crippen molar-refractivity contribution in [2.45, 2.75) is 44.3 Å². The minimum absolute atomic E-state index is 0.00246. The molecule has 1 heterocycles. The molecule has 1 saturated heterocycles. The summed E-state index contributed by atoms with van der Waals surface area (Å²) in [5, 5.41) is 0. The summed E-state index contributed by atoms with van der Waals surface area (Å²) < 4.78 is 125. The van der Waals surface area contributed by atoms with Gasteiger partial charge in [0.2, 0.25) is 0 Å². The molecule has 1 fully saturated rings. The van der Waals surface area contributed by atoms with Crippen molar-refractivity contribution in [3.63, 3.8) is 0 Å². The number of halogens is 7. The maximum atomic E-state index is 13.7. The van der Waals surface area contributed by atoms with Gasteiger partial charge in [-0.05, 0) is 53.9 Å². The first-order chi connectivity index (χ1) is 19.1. The van der Waals surface area contributed by atoms with Crippen LogP contribution in [0.25, 0.3) is 0 Å². The predicted octanol–water partition coefficient (Wildman–Crippen LogP) is 7.66. The molecule has 0 spiro atoms. The Hall–Kier alpha value is -2.80. The van der Waals surface area contributed by atoms with Crippen molar-refractivity contribution in [3.05, 3.63) is 106 Å². The topological polar surface area (TPSA) is 68.2 Å². The molecule has 0 amide bonds. The van der Waals surface area contributed by atoms with E-state index in [0.717, 1.165) is 16.8 Å². The van der Waals surface area contributed by atoms with Gasteiger partial charge in [-0.25, -0.2) is 8.96 Å². The predicted molar refractivity (Wildman–Crippen MR) is 133 cm³/mol. The van der Waals surface area contributed by atoms with Gasteiger partial charge >= 0.3 is 20.1 Å². The molecule has 0 aliphatic carbocycles. The molecule has 6 nitrogen and oxygen atoms in total. The Morgan fingerprint density at radius 1 is 0.976 bits per heavy atom. The molecule has 1 N–H and O–H groups in total. The van der Waals surface area contributed by atoms with E-state index in [-0.39, 0.29) is 31.4 Å². The van der Waals surface area contributed by atoms with E-state index in [1.165, 1.54) is 19.1 Å². The van der Waals surface area contributed by atoms with Crippen molar-refractivity contribution in [1.29, 1.82) is 0 Å².